The van der Waals surface area contributed by atoms with E-state index < -0.39 is 5.54 Å². The van der Waals surface area contributed by atoms with Gasteiger partial charge in [0.05, 0.1) is 30.5 Å². The number of aromatic nitrogens is 1. The van der Waals surface area contributed by atoms with E-state index in [4.69, 9.17) is 9.47 Å². The van der Waals surface area contributed by atoms with Crippen LogP contribution in [0.2, 0.25) is 0 Å². The third kappa shape index (κ3) is 4.51. The molecule has 40 heavy (non-hydrogen) atoms. The molecule has 0 radical (unpaired) electrons. The molecule has 1 amide bonds. The Morgan fingerprint density at radius 3 is 2.65 bits per heavy atom. The maximum atomic E-state index is 13.7. The Labute approximate surface area is 235 Å². The lowest BCUT2D eigenvalue weighted by Gasteiger charge is -2.27. The Kier molecular flexibility index (Phi) is 6.77. The molecule has 0 unspecified atom stereocenters. The number of fused-ring (bicyclic) bond motifs is 5. The van der Waals surface area contributed by atoms with Gasteiger partial charge in [0.2, 0.25) is 0 Å². The minimum absolute atomic E-state index is 0.168. The maximum Gasteiger partial charge on any atom is 0.335 e. The van der Waals surface area contributed by atoms with Crippen molar-refractivity contribution >= 4 is 28.5 Å². The first kappa shape index (κ1) is 26.4. The number of benzene rings is 2. The van der Waals surface area contributed by atoms with E-state index in [1.54, 1.807) is 6.92 Å². The summed E-state index contributed by atoms with van der Waals surface area (Å²) >= 11 is 0. The van der Waals surface area contributed by atoms with E-state index in [9.17, 15) is 9.59 Å². The first-order valence-corrected chi connectivity index (χ1v) is 14.4. The summed E-state index contributed by atoms with van der Waals surface area (Å²) in [6.07, 6.45) is 6.54. The Balaban J connectivity index is 1.37. The summed E-state index contributed by atoms with van der Waals surface area (Å²) in [6, 6.07) is 14.4. The molecule has 1 saturated carbocycles. The second-order valence-corrected chi connectivity index (χ2v) is 11.7. The SMILES string of the molecule is COC(=O)C1=C(C)N=C(C(C)(C)NC(=O)c2ccc3c(C4CCCCC4)c4n(c3c2)CCOc2ccccc2-4)C1. The summed E-state index contributed by atoms with van der Waals surface area (Å²) in [5.74, 6) is 0.877. The molecule has 0 atom stereocenters. The number of nitrogens with zero attached hydrogens (tertiary/aromatic N) is 2. The van der Waals surface area contributed by atoms with E-state index in [1.807, 2.05) is 32.0 Å². The lowest BCUT2D eigenvalue weighted by Crippen LogP contribution is -2.49. The van der Waals surface area contributed by atoms with Gasteiger partial charge in [-0.15, -0.1) is 0 Å². The summed E-state index contributed by atoms with van der Waals surface area (Å²) < 4.78 is 13.4. The van der Waals surface area contributed by atoms with Crippen LogP contribution in [0.3, 0.4) is 0 Å². The predicted octanol–water partition coefficient (Wildman–Crippen LogP) is 6.55. The number of esters is 1. The molecule has 0 bridgehead atoms. The molecule has 0 saturated heterocycles. The van der Waals surface area contributed by atoms with Crippen LogP contribution < -0.4 is 10.1 Å². The smallest absolute Gasteiger partial charge is 0.335 e. The van der Waals surface area contributed by atoms with Gasteiger partial charge in [0.1, 0.15) is 12.4 Å². The van der Waals surface area contributed by atoms with Crippen LogP contribution in [0.4, 0.5) is 0 Å². The molecule has 0 spiro atoms. The van der Waals surface area contributed by atoms with Crippen molar-refractivity contribution in [2.45, 2.75) is 77.3 Å². The number of methoxy groups -OCH3 is 1. The molecule has 7 nitrogen and oxygen atoms in total. The van der Waals surface area contributed by atoms with Crippen molar-refractivity contribution in [3.05, 3.63) is 64.9 Å². The number of hydrogen-bond acceptors (Lipinski definition) is 5. The van der Waals surface area contributed by atoms with Gasteiger partial charge in [-0.05, 0) is 69.4 Å². The number of rotatable bonds is 5. The molecule has 3 aromatic rings. The third-order valence-electron chi connectivity index (χ3n) is 8.76. The van der Waals surface area contributed by atoms with Gasteiger partial charge < -0.3 is 19.4 Å². The van der Waals surface area contributed by atoms with E-state index in [0.29, 0.717) is 35.8 Å². The molecular formula is C33H37N3O4. The van der Waals surface area contributed by atoms with E-state index in [1.165, 1.54) is 55.9 Å². The van der Waals surface area contributed by atoms with Crippen molar-refractivity contribution in [2.24, 2.45) is 4.99 Å². The predicted molar refractivity (Wildman–Crippen MR) is 157 cm³/mol. The topological polar surface area (TPSA) is 81.9 Å². The summed E-state index contributed by atoms with van der Waals surface area (Å²) in [5.41, 5.74) is 6.63. The van der Waals surface area contributed by atoms with Gasteiger partial charge in [0, 0.05) is 39.9 Å². The molecule has 7 heteroatoms. The van der Waals surface area contributed by atoms with Crippen molar-refractivity contribution in [1.82, 2.24) is 9.88 Å². The summed E-state index contributed by atoms with van der Waals surface area (Å²) in [6.45, 7) is 6.95. The van der Waals surface area contributed by atoms with Crippen molar-refractivity contribution in [3.8, 4) is 17.0 Å². The zero-order valence-electron chi connectivity index (χ0n) is 23.8. The van der Waals surface area contributed by atoms with Crippen molar-refractivity contribution in [1.29, 1.82) is 0 Å². The van der Waals surface area contributed by atoms with Gasteiger partial charge in [-0.25, -0.2) is 4.79 Å². The Bertz CT molecular complexity index is 1570. The van der Waals surface area contributed by atoms with E-state index in [-0.39, 0.29) is 11.9 Å². The van der Waals surface area contributed by atoms with Crippen molar-refractivity contribution in [2.75, 3.05) is 13.7 Å². The van der Waals surface area contributed by atoms with Gasteiger partial charge >= 0.3 is 5.97 Å². The fourth-order valence-electron chi connectivity index (χ4n) is 6.62. The molecule has 1 aromatic heterocycles. The Hall–Kier alpha value is -3.87. The lowest BCUT2D eigenvalue weighted by atomic mass is 9.81. The lowest BCUT2D eigenvalue weighted by molar-refractivity contribution is -0.136. The molecule has 1 fully saturated rings. The van der Waals surface area contributed by atoms with Crippen LogP contribution in [0.1, 0.15) is 81.1 Å². The van der Waals surface area contributed by atoms with E-state index in [0.717, 1.165) is 29.1 Å². The van der Waals surface area contributed by atoms with Crippen LogP contribution in [0.5, 0.6) is 5.75 Å². The monoisotopic (exact) mass is 539 g/mol. The molecule has 1 N–H and O–H groups in total. The average molecular weight is 540 g/mol. The molecule has 2 aromatic carbocycles. The number of ether oxygens (including phenoxy) is 2. The third-order valence-corrected chi connectivity index (χ3v) is 8.76. The number of nitrogens with one attached hydrogen (secondary N) is 1. The van der Waals surface area contributed by atoms with Crippen LogP contribution in [-0.4, -0.2) is 41.4 Å². The van der Waals surface area contributed by atoms with Gasteiger partial charge in [-0.1, -0.05) is 37.5 Å². The minimum atomic E-state index is -0.737. The summed E-state index contributed by atoms with van der Waals surface area (Å²) in [5, 5.41) is 4.41. The molecule has 3 aliphatic rings. The number of para-hydroxylation sites is 1. The molecule has 3 heterocycles. The molecule has 1 aliphatic carbocycles. The highest BCUT2D eigenvalue weighted by atomic mass is 16.5. The van der Waals surface area contributed by atoms with Crippen molar-refractivity contribution in [3.63, 3.8) is 0 Å². The standard InChI is InChI=1S/C33H37N3O4/c1-20-25(32(38)39-4)19-28(34-20)33(2,3)35-31(37)22-14-15-23-26(18-22)36-16-17-40-27-13-9-8-12-24(27)30(36)29(23)21-10-6-5-7-11-21/h8-9,12-15,18,21H,5-7,10-11,16-17,19H2,1-4H3,(H,35,37). The number of carbonyl (C=O) groups excluding carboxylic acids is 2. The highest BCUT2D eigenvalue weighted by molar-refractivity contribution is 6.08. The second kappa shape index (κ2) is 10.3. The maximum absolute atomic E-state index is 13.7. The minimum Gasteiger partial charge on any atom is -0.491 e. The molecule has 208 valence electrons. The highest BCUT2D eigenvalue weighted by Gasteiger charge is 2.34. The Morgan fingerprint density at radius 2 is 1.88 bits per heavy atom. The van der Waals surface area contributed by atoms with Gasteiger partial charge in [-0.2, -0.15) is 0 Å². The zero-order chi connectivity index (χ0) is 28.0. The molecule has 2 aliphatic heterocycles. The zero-order valence-corrected chi connectivity index (χ0v) is 23.8. The van der Waals surface area contributed by atoms with Crippen LogP contribution >= 0.6 is 0 Å². The fraction of sp³-hybridized carbons (Fsp3) is 0.424. The fourth-order valence-corrected chi connectivity index (χ4v) is 6.62. The number of allylic oxidation sites excluding steroid dienone is 1. The quantitative estimate of drug-likeness (QED) is 0.373. The molecular weight excluding hydrogens is 502 g/mol. The largest absolute Gasteiger partial charge is 0.491 e. The van der Waals surface area contributed by atoms with E-state index >= 15 is 0 Å². The summed E-state index contributed by atoms with van der Waals surface area (Å²) in [4.78, 5) is 30.4. The van der Waals surface area contributed by atoms with Gasteiger partial charge in [0.25, 0.3) is 5.91 Å². The number of aliphatic imine (C=N–C) groups is 1. The van der Waals surface area contributed by atoms with Crippen LogP contribution in [-0.2, 0) is 16.1 Å². The second-order valence-electron chi connectivity index (χ2n) is 11.7. The number of amides is 1. The first-order chi connectivity index (χ1) is 19.3. The van der Waals surface area contributed by atoms with Gasteiger partial charge in [-0.3, -0.25) is 9.79 Å². The van der Waals surface area contributed by atoms with E-state index in [2.05, 4.69) is 39.1 Å². The highest BCUT2D eigenvalue weighted by Crippen LogP contribution is 2.47. The summed E-state index contributed by atoms with van der Waals surface area (Å²) in [7, 11) is 1.37. The number of carbonyl (C=O) groups is 2. The average Bonchev–Trinajstić information content (AvgIpc) is 3.45. The van der Waals surface area contributed by atoms with Gasteiger partial charge in [0.15, 0.2) is 0 Å². The Morgan fingerprint density at radius 1 is 1.10 bits per heavy atom. The van der Waals surface area contributed by atoms with Crippen LogP contribution in [0, 0.1) is 0 Å². The van der Waals surface area contributed by atoms with Crippen molar-refractivity contribution < 1.29 is 19.1 Å². The normalized spacial score (nSPS) is 17.6. The van der Waals surface area contributed by atoms with Crippen LogP contribution in [0.25, 0.3) is 22.2 Å². The number of hydrogen-bond donors (Lipinski definition) is 1. The first-order valence-electron chi connectivity index (χ1n) is 14.4. The molecule has 6 rings (SSSR count). The van der Waals surface area contributed by atoms with Crippen LogP contribution in [0.15, 0.2) is 58.7 Å².